The van der Waals surface area contributed by atoms with E-state index >= 15 is 0 Å². The van der Waals surface area contributed by atoms with Gasteiger partial charge in [-0.05, 0) is 48.9 Å². The molecular weight excluding hydrogens is 448 g/mol. The second-order valence-electron chi connectivity index (χ2n) is 8.16. The van der Waals surface area contributed by atoms with Gasteiger partial charge in [-0.25, -0.2) is 9.69 Å². The Morgan fingerprint density at radius 3 is 1.63 bits per heavy atom. The number of hydrogen-bond acceptors (Lipinski definition) is 6. The maximum absolute atomic E-state index is 13.0. The van der Waals surface area contributed by atoms with E-state index in [4.69, 9.17) is 4.74 Å². The summed E-state index contributed by atoms with van der Waals surface area (Å²) in [5.41, 5.74) is 2.18. The van der Waals surface area contributed by atoms with Crippen molar-refractivity contribution in [3.8, 4) is 0 Å². The van der Waals surface area contributed by atoms with E-state index in [2.05, 4.69) is 0 Å². The molecular formula is C27H20N2O6. The van der Waals surface area contributed by atoms with Gasteiger partial charge in [0.15, 0.2) is 0 Å². The molecule has 35 heavy (non-hydrogen) atoms. The number of nitrogens with zero attached hydrogens (tertiary/aromatic N) is 2. The normalized spacial score (nSPS) is 15.3. The molecule has 0 bridgehead atoms. The second-order valence-corrected chi connectivity index (χ2v) is 8.16. The van der Waals surface area contributed by atoms with E-state index in [9.17, 15) is 24.0 Å². The molecule has 5 rings (SSSR count). The van der Waals surface area contributed by atoms with Crippen molar-refractivity contribution in [2.75, 3.05) is 11.5 Å². The predicted molar refractivity (Wildman–Crippen MR) is 125 cm³/mol. The summed E-state index contributed by atoms with van der Waals surface area (Å²) < 4.78 is 5.17. The molecule has 2 heterocycles. The van der Waals surface area contributed by atoms with Crippen LogP contribution in [0.5, 0.6) is 0 Å². The smallest absolute Gasteiger partial charge is 0.329 e. The fourth-order valence-electron chi connectivity index (χ4n) is 4.44. The van der Waals surface area contributed by atoms with Crippen LogP contribution in [0.2, 0.25) is 0 Å². The van der Waals surface area contributed by atoms with Gasteiger partial charge in [-0.3, -0.25) is 24.1 Å². The Hall–Kier alpha value is -4.59. The minimum Gasteiger partial charge on any atom is -0.464 e. The number of carbonyl (C=O) groups is 5. The van der Waals surface area contributed by atoms with E-state index in [0.717, 1.165) is 9.80 Å². The van der Waals surface area contributed by atoms with Gasteiger partial charge in [0, 0.05) is 6.42 Å². The molecule has 0 saturated carbocycles. The second kappa shape index (κ2) is 8.64. The first-order valence-electron chi connectivity index (χ1n) is 11.1. The molecule has 0 saturated heterocycles. The fraction of sp³-hybridized carbons (Fsp3) is 0.148. The van der Waals surface area contributed by atoms with E-state index in [0.29, 0.717) is 22.4 Å². The Morgan fingerprint density at radius 2 is 1.17 bits per heavy atom. The van der Waals surface area contributed by atoms with Crippen LogP contribution in [0, 0.1) is 0 Å². The summed E-state index contributed by atoms with van der Waals surface area (Å²) >= 11 is 0. The van der Waals surface area contributed by atoms with E-state index in [1.807, 2.05) is 0 Å². The third-order valence-corrected chi connectivity index (χ3v) is 6.11. The molecule has 8 nitrogen and oxygen atoms in total. The SMILES string of the molecule is CCOC(=O)C(Cc1ccc(N2C(=O)c3ccccc3C2=O)cc1)N1C(=O)c2ccccc2C1=O. The molecule has 0 spiro atoms. The van der Waals surface area contributed by atoms with Gasteiger partial charge in [0.25, 0.3) is 23.6 Å². The van der Waals surface area contributed by atoms with Crippen LogP contribution in [-0.4, -0.2) is 47.1 Å². The lowest BCUT2D eigenvalue weighted by molar-refractivity contribution is -0.147. The number of hydrogen-bond donors (Lipinski definition) is 0. The topological polar surface area (TPSA) is 101 Å². The maximum Gasteiger partial charge on any atom is 0.329 e. The summed E-state index contributed by atoms with van der Waals surface area (Å²) in [7, 11) is 0. The first kappa shape index (κ1) is 22.2. The number of fused-ring (bicyclic) bond motifs is 2. The van der Waals surface area contributed by atoms with Crippen molar-refractivity contribution >= 4 is 35.3 Å². The Balaban J connectivity index is 1.41. The highest BCUT2D eigenvalue weighted by Gasteiger charge is 2.43. The van der Waals surface area contributed by atoms with Gasteiger partial charge >= 0.3 is 5.97 Å². The molecule has 0 aromatic heterocycles. The monoisotopic (exact) mass is 468 g/mol. The zero-order chi connectivity index (χ0) is 24.7. The molecule has 0 radical (unpaired) electrons. The van der Waals surface area contributed by atoms with Crippen LogP contribution < -0.4 is 4.90 Å². The van der Waals surface area contributed by atoms with Crippen LogP contribution in [0.4, 0.5) is 5.69 Å². The van der Waals surface area contributed by atoms with Crippen LogP contribution >= 0.6 is 0 Å². The zero-order valence-electron chi connectivity index (χ0n) is 18.8. The lowest BCUT2D eigenvalue weighted by Crippen LogP contribution is -2.47. The Labute approximate surface area is 200 Å². The number of carbonyl (C=O) groups excluding carboxylic acids is 5. The van der Waals surface area contributed by atoms with Crippen molar-refractivity contribution in [2.24, 2.45) is 0 Å². The Morgan fingerprint density at radius 1 is 0.714 bits per heavy atom. The van der Waals surface area contributed by atoms with Gasteiger partial charge in [0.05, 0.1) is 34.5 Å². The van der Waals surface area contributed by atoms with Crippen molar-refractivity contribution in [3.05, 3.63) is 101 Å². The van der Waals surface area contributed by atoms with Crippen LogP contribution in [0.1, 0.15) is 53.9 Å². The van der Waals surface area contributed by atoms with Gasteiger partial charge in [-0.1, -0.05) is 36.4 Å². The van der Waals surface area contributed by atoms with Crippen molar-refractivity contribution in [1.29, 1.82) is 0 Å². The summed E-state index contributed by atoms with van der Waals surface area (Å²) in [6.07, 6.45) is 0.0205. The number of imide groups is 2. The Bertz CT molecular complexity index is 1320. The highest BCUT2D eigenvalue weighted by atomic mass is 16.5. The molecule has 1 atom stereocenters. The third kappa shape index (κ3) is 3.59. The molecule has 3 aromatic carbocycles. The summed E-state index contributed by atoms with van der Waals surface area (Å²) in [5, 5.41) is 0. The number of benzene rings is 3. The first-order chi connectivity index (χ1) is 16.9. The van der Waals surface area contributed by atoms with Crippen molar-refractivity contribution in [1.82, 2.24) is 4.90 Å². The third-order valence-electron chi connectivity index (χ3n) is 6.11. The minimum absolute atomic E-state index is 0.0205. The van der Waals surface area contributed by atoms with Gasteiger partial charge in [-0.2, -0.15) is 0 Å². The molecule has 4 amide bonds. The standard InChI is InChI=1S/C27H20N2O6/c1-2-35-27(34)22(29-25(32)20-9-5-6-10-21(20)26(29)33)15-16-11-13-17(14-12-16)28-23(30)18-7-3-4-8-19(18)24(28)31/h3-14,22H,2,15H2,1H3. The number of anilines is 1. The molecule has 3 aromatic rings. The molecule has 0 N–H and O–H groups in total. The highest BCUT2D eigenvalue weighted by molar-refractivity contribution is 6.34. The molecule has 1 unspecified atom stereocenters. The predicted octanol–water partition coefficient (Wildman–Crippen LogP) is 3.26. The molecule has 0 fully saturated rings. The lowest BCUT2D eigenvalue weighted by Gasteiger charge is -2.24. The zero-order valence-corrected chi connectivity index (χ0v) is 18.8. The van der Waals surface area contributed by atoms with Crippen molar-refractivity contribution in [2.45, 2.75) is 19.4 Å². The van der Waals surface area contributed by atoms with E-state index in [-0.39, 0.29) is 24.2 Å². The summed E-state index contributed by atoms with van der Waals surface area (Å²) in [4.78, 5) is 66.3. The average Bonchev–Trinajstić information content (AvgIpc) is 3.28. The van der Waals surface area contributed by atoms with Gasteiger partial charge < -0.3 is 4.74 Å². The van der Waals surface area contributed by atoms with Gasteiger partial charge in [0.1, 0.15) is 6.04 Å². The molecule has 2 aliphatic heterocycles. The van der Waals surface area contributed by atoms with Gasteiger partial charge in [0.2, 0.25) is 0 Å². The highest BCUT2D eigenvalue weighted by Crippen LogP contribution is 2.30. The number of esters is 1. The minimum atomic E-state index is -1.16. The lowest BCUT2D eigenvalue weighted by atomic mass is 10.0. The maximum atomic E-state index is 13.0. The summed E-state index contributed by atoms with van der Waals surface area (Å²) in [6.45, 7) is 1.74. The van der Waals surface area contributed by atoms with Crippen molar-refractivity contribution in [3.63, 3.8) is 0 Å². The fourth-order valence-corrected chi connectivity index (χ4v) is 4.44. The number of amides is 4. The number of rotatable bonds is 6. The van der Waals surface area contributed by atoms with E-state index < -0.39 is 35.6 Å². The van der Waals surface area contributed by atoms with Crippen LogP contribution in [-0.2, 0) is 16.0 Å². The average molecular weight is 468 g/mol. The van der Waals surface area contributed by atoms with Crippen LogP contribution in [0.25, 0.3) is 0 Å². The van der Waals surface area contributed by atoms with E-state index in [1.165, 1.54) is 0 Å². The Kier molecular flexibility index (Phi) is 5.49. The van der Waals surface area contributed by atoms with Crippen LogP contribution in [0.3, 0.4) is 0 Å². The number of ether oxygens (including phenoxy) is 1. The largest absolute Gasteiger partial charge is 0.464 e. The molecule has 0 aliphatic carbocycles. The quantitative estimate of drug-likeness (QED) is 0.407. The van der Waals surface area contributed by atoms with Gasteiger partial charge in [-0.15, -0.1) is 0 Å². The molecule has 174 valence electrons. The van der Waals surface area contributed by atoms with E-state index in [1.54, 1.807) is 79.7 Å². The first-order valence-corrected chi connectivity index (χ1v) is 11.1. The molecule has 8 heteroatoms. The molecule has 2 aliphatic rings. The van der Waals surface area contributed by atoms with Crippen LogP contribution in [0.15, 0.2) is 72.8 Å². The summed E-state index contributed by atoms with van der Waals surface area (Å²) in [6, 6.07) is 18.4. The summed E-state index contributed by atoms with van der Waals surface area (Å²) in [5.74, 6) is -2.61. The van der Waals surface area contributed by atoms with Crippen molar-refractivity contribution < 1.29 is 28.7 Å².